The molecule has 4 aromatic rings. The monoisotopic (exact) mass is 484 g/mol. The fourth-order valence-electron chi connectivity index (χ4n) is 4.29. The number of allylic oxidation sites excluding steroid dienone is 1. The zero-order valence-corrected chi connectivity index (χ0v) is 20.3. The lowest BCUT2D eigenvalue weighted by Crippen LogP contribution is -2.45. The molecule has 7 heteroatoms. The number of amides is 2. The van der Waals surface area contributed by atoms with Crippen molar-refractivity contribution in [2.24, 2.45) is 0 Å². The topological polar surface area (TPSA) is 71.3 Å². The number of carbonyl (C=O) groups excluding carboxylic acids is 1. The van der Waals surface area contributed by atoms with E-state index in [0.717, 1.165) is 34.4 Å². The first-order chi connectivity index (χ1) is 17.0. The molecule has 3 aromatic carbocycles. The lowest BCUT2D eigenvalue weighted by Gasteiger charge is -2.35. The van der Waals surface area contributed by atoms with E-state index in [9.17, 15) is 4.79 Å². The lowest BCUT2D eigenvalue weighted by atomic mass is 9.93. The molecule has 5 rings (SSSR count). The number of hydrogen-bond donors (Lipinski definition) is 1. The van der Waals surface area contributed by atoms with Crippen LogP contribution in [0, 0.1) is 0 Å². The second-order valence-electron chi connectivity index (χ2n) is 8.48. The summed E-state index contributed by atoms with van der Waals surface area (Å²) in [6, 6.07) is 24.8. The van der Waals surface area contributed by atoms with Gasteiger partial charge in [0.25, 0.3) is 5.89 Å². The molecule has 0 saturated heterocycles. The Morgan fingerprint density at radius 2 is 1.77 bits per heavy atom. The first-order valence-corrected chi connectivity index (χ1v) is 11.9. The highest BCUT2D eigenvalue weighted by molar-refractivity contribution is 6.30. The Labute approximate surface area is 209 Å². The maximum Gasteiger partial charge on any atom is 0.322 e. The van der Waals surface area contributed by atoms with E-state index in [1.807, 2.05) is 61.5 Å². The Morgan fingerprint density at radius 1 is 1.00 bits per heavy atom. The van der Waals surface area contributed by atoms with E-state index in [1.165, 1.54) is 5.56 Å². The molecule has 0 radical (unpaired) electrons. The van der Waals surface area contributed by atoms with Crippen LogP contribution in [-0.2, 0) is 13.0 Å². The van der Waals surface area contributed by atoms with E-state index in [1.54, 1.807) is 17.0 Å². The predicted molar refractivity (Wildman–Crippen MR) is 136 cm³/mol. The van der Waals surface area contributed by atoms with Crippen molar-refractivity contribution in [1.82, 2.24) is 20.4 Å². The number of benzene rings is 3. The third kappa shape index (κ3) is 4.70. The van der Waals surface area contributed by atoms with Crippen LogP contribution in [0.5, 0.6) is 0 Å². The summed E-state index contributed by atoms with van der Waals surface area (Å²) >= 11 is 6.16. The maximum absolute atomic E-state index is 13.3. The van der Waals surface area contributed by atoms with Gasteiger partial charge in [-0.25, -0.2) is 4.79 Å². The summed E-state index contributed by atoms with van der Waals surface area (Å²) in [5.74, 6) is 0.800. The molecule has 1 unspecified atom stereocenters. The quantitative estimate of drug-likeness (QED) is 0.332. The molecule has 176 valence electrons. The zero-order valence-electron chi connectivity index (χ0n) is 19.5. The SMILES string of the molecule is CCc1ccc(C2NC(=O)N(Cc3ccccc3)C(C)=C2c2nc(-c3cccc(Cl)c3)no2)cc1. The second kappa shape index (κ2) is 9.76. The lowest BCUT2D eigenvalue weighted by molar-refractivity contribution is 0.203. The van der Waals surface area contributed by atoms with E-state index >= 15 is 0 Å². The predicted octanol–water partition coefficient (Wildman–Crippen LogP) is 6.65. The van der Waals surface area contributed by atoms with Gasteiger partial charge in [-0.3, -0.25) is 4.90 Å². The van der Waals surface area contributed by atoms with Gasteiger partial charge >= 0.3 is 6.03 Å². The number of hydrogen-bond acceptors (Lipinski definition) is 4. The van der Waals surface area contributed by atoms with Crippen LogP contribution in [0.15, 0.2) is 89.1 Å². The Balaban J connectivity index is 1.59. The van der Waals surface area contributed by atoms with Gasteiger partial charge < -0.3 is 9.84 Å². The number of rotatable bonds is 6. The molecule has 35 heavy (non-hydrogen) atoms. The van der Waals surface area contributed by atoms with Gasteiger partial charge in [-0.2, -0.15) is 4.98 Å². The molecule has 0 spiro atoms. The summed E-state index contributed by atoms with van der Waals surface area (Å²) in [6.07, 6.45) is 0.941. The van der Waals surface area contributed by atoms with Crippen molar-refractivity contribution in [2.45, 2.75) is 32.9 Å². The van der Waals surface area contributed by atoms with Crippen molar-refractivity contribution in [3.63, 3.8) is 0 Å². The molecule has 0 aliphatic carbocycles. The van der Waals surface area contributed by atoms with Crippen LogP contribution in [0.1, 0.15) is 42.5 Å². The normalized spacial score (nSPS) is 15.9. The maximum atomic E-state index is 13.3. The molecular formula is C28H25ClN4O2. The van der Waals surface area contributed by atoms with Gasteiger partial charge in [-0.15, -0.1) is 0 Å². The minimum Gasteiger partial charge on any atom is -0.334 e. The van der Waals surface area contributed by atoms with Gasteiger partial charge in [-0.05, 0) is 42.2 Å². The molecule has 0 saturated carbocycles. The average Bonchev–Trinajstić information content (AvgIpc) is 3.37. The van der Waals surface area contributed by atoms with E-state index in [2.05, 4.69) is 29.5 Å². The Bertz CT molecular complexity index is 1380. The first kappa shape index (κ1) is 22.9. The summed E-state index contributed by atoms with van der Waals surface area (Å²) in [4.78, 5) is 19.7. The highest BCUT2D eigenvalue weighted by atomic mass is 35.5. The number of urea groups is 1. The Morgan fingerprint density at radius 3 is 2.49 bits per heavy atom. The van der Waals surface area contributed by atoms with Crippen molar-refractivity contribution >= 4 is 23.2 Å². The number of nitrogens with one attached hydrogen (secondary N) is 1. The number of nitrogens with zero attached hydrogens (tertiary/aromatic N) is 3. The van der Waals surface area contributed by atoms with Gasteiger partial charge in [0.2, 0.25) is 5.82 Å². The van der Waals surface area contributed by atoms with Crippen LogP contribution < -0.4 is 5.32 Å². The van der Waals surface area contributed by atoms with Gasteiger partial charge in [0.05, 0.1) is 18.2 Å². The molecule has 6 nitrogen and oxygen atoms in total. The van der Waals surface area contributed by atoms with Gasteiger partial charge in [0.15, 0.2) is 0 Å². The van der Waals surface area contributed by atoms with Gasteiger partial charge in [-0.1, -0.05) is 90.4 Å². The third-order valence-electron chi connectivity index (χ3n) is 6.24. The number of halogens is 1. The Kier molecular flexibility index (Phi) is 6.38. The molecule has 1 aliphatic heterocycles. The van der Waals surface area contributed by atoms with Crippen LogP contribution in [-0.4, -0.2) is 21.1 Å². The molecule has 0 bridgehead atoms. The van der Waals surface area contributed by atoms with E-state index in [0.29, 0.717) is 23.3 Å². The minimum atomic E-state index is -0.423. The number of aryl methyl sites for hydroxylation is 1. The van der Waals surface area contributed by atoms with E-state index in [4.69, 9.17) is 21.1 Å². The number of aromatic nitrogens is 2. The van der Waals surface area contributed by atoms with E-state index in [-0.39, 0.29) is 6.03 Å². The van der Waals surface area contributed by atoms with Crippen LogP contribution in [0.25, 0.3) is 17.0 Å². The van der Waals surface area contributed by atoms with Crippen LogP contribution in [0.3, 0.4) is 0 Å². The van der Waals surface area contributed by atoms with Crippen molar-refractivity contribution in [3.8, 4) is 11.4 Å². The molecule has 2 heterocycles. The highest BCUT2D eigenvalue weighted by Crippen LogP contribution is 2.38. The summed E-state index contributed by atoms with van der Waals surface area (Å²) in [7, 11) is 0. The standard InChI is InChI=1S/C28H25ClN4O2/c1-3-19-12-14-21(15-13-19)25-24(27-31-26(32-35-27)22-10-7-11-23(29)16-22)18(2)33(28(34)30-25)17-20-8-5-4-6-9-20/h4-16,25H,3,17H2,1-2H3,(H,30,34). The summed E-state index contributed by atoms with van der Waals surface area (Å²) < 4.78 is 5.76. The smallest absolute Gasteiger partial charge is 0.322 e. The largest absolute Gasteiger partial charge is 0.334 e. The minimum absolute atomic E-state index is 0.172. The van der Waals surface area contributed by atoms with Crippen LogP contribution in [0.4, 0.5) is 4.79 Å². The molecule has 1 N–H and O–H groups in total. The third-order valence-corrected chi connectivity index (χ3v) is 6.48. The second-order valence-corrected chi connectivity index (χ2v) is 8.92. The fraction of sp³-hybridized carbons (Fsp3) is 0.179. The molecule has 1 aliphatic rings. The Hall–Kier alpha value is -3.90. The fourth-order valence-corrected chi connectivity index (χ4v) is 4.48. The van der Waals surface area contributed by atoms with Crippen molar-refractivity contribution in [3.05, 3.63) is 112 Å². The van der Waals surface area contributed by atoms with Crippen molar-refractivity contribution in [1.29, 1.82) is 0 Å². The molecule has 1 atom stereocenters. The number of carbonyl (C=O) groups is 1. The molecule has 1 aromatic heterocycles. The molecular weight excluding hydrogens is 460 g/mol. The summed E-state index contributed by atoms with van der Waals surface area (Å²) in [5.41, 5.74) is 5.50. The van der Waals surface area contributed by atoms with Crippen molar-refractivity contribution in [2.75, 3.05) is 0 Å². The van der Waals surface area contributed by atoms with Crippen LogP contribution in [0.2, 0.25) is 5.02 Å². The highest BCUT2D eigenvalue weighted by Gasteiger charge is 2.35. The van der Waals surface area contributed by atoms with Gasteiger partial charge in [0.1, 0.15) is 0 Å². The molecule has 0 fully saturated rings. The van der Waals surface area contributed by atoms with Gasteiger partial charge in [0, 0.05) is 16.3 Å². The average molecular weight is 485 g/mol. The molecule has 2 amide bonds. The van der Waals surface area contributed by atoms with Crippen molar-refractivity contribution < 1.29 is 9.32 Å². The summed E-state index contributed by atoms with van der Waals surface area (Å²) in [6.45, 7) is 4.47. The first-order valence-electron chi connectivity index (χ1n) is 11.5. The summed E-state index contributed by atoms with van der Waals surface area (Å²) in [5, 5.41) is 7.96. The van der Waals surface area contributed by atoms with Crippen LogP contribution >= 0.6 is 11.6 Å². The zero-order chi connectivity index (χ0) is 24.4. The van der Waals surface area contributed by atoms with E-state index < -0.39 is 6.04 Å².